The Bertz CT molecular complexity index is 603. The molecule has 0 aromatic heterocycles. The molecular weight excluding hydrogens is 484 g/mol. The Hall–Kier alpha value is -0.710. The van der Waals surface area contributed by atoms with Crippen molar-refractivity contribution in [3.05, 3.63) is 68.4 Å². The highest BCUT2D eigenvalue weighted by molar-refractivity contribution is 14.1. The number of rotatable bonds is 4. The van der Waals surface area contributed by atoms with Crippen LogP contribution in [0.5, 0.6) is 0 Å². The smallest absolute Gasteiger partial charge is 0.339 e. The molecule has 1 atom stereocenters. The Morgan fingerprint density at radius 3 is 2.55 bits per heavy atom. The fraction of sp³-hybridized carbons (Fsp3) is 0.0714. The molecule has 0 aliphatic heterocycles. The van der Waals surface area contributed by atoms with Gasteiger partial charge >= 0.3 is 5.97 Å². The predicted molar refractivity (Wildman–Crippen MR) is 92.7 cm³/mol. The monoisotopic (exact) mass is 495 g/mol. The number of carbonyl (C=O) groups excluding carboxylic acids is 1. The van der Waals surface area contributed by atoms with Gasteiger partial charge in [0.05, 0.1) is 5.56 Å². The van der Waals surface area contributed by atoms with Gasteiger partial charge in [0, 0.05) is 15.7 Å². The van der Waals surface area contributed by atoms with Crippen LogP contribution in [0.3, 0.4) is 0 Å². The summed E-state index contributed by atoms with van der Waals surface area (Å²) in [6.07, 6.45) is 0. The molecule has 1 unspecified atom stereocenters. The van der Waals surface area contributed by atoms with Gasteiger partial charge in [0.1, 0.15) is 12.3 Å². The molecule has 104 valence electrons. The molecule has 0 radical (unpaired) electrons. The van der Waals surface area contributed by atoms with Crippen molar-refractivity contribution in [1.82, 2.24) is 0 Å². The summed E-state index contributed by atoms with van der Waals surface area (Å²) < 4.78 is 5.94. The zero-order chi connectivity index (χ0) is 14.5. The van der Waals surface area contributed by atoms with Gasteiger partial charge in [-0.15, -0.1) is 0 Å². The van der Waals surface area contributed by atoms with Crippen molar-refractivity contribution >= 4 is 57.1 Å². The Morgan fingerprint density at radius 2 is 1.90 bits per heavy atom. The molecule has 0 saturated carbocycles. The van der Waals surface area contributed by atoms with Crippen molar-refractivity contribution < 1.29 is 12.8 Å². The number of hydrogen-bond donors (Lipinski definition) is 1. The molecule has 2 rings (SSSR count). The predicted octanol–water partition coefficient (Wildman–Crippen LogP) is 3.01. The van der Waals surface area contributed by atoms with E-state index in [-0.39, 0.29) is 9.88 Å². The van der Waals surface area contributed by atoms with Crippen LogP contribution in [-0.2, 0) is 11.3 Å². The third kappa shape index (κ3) is 4.14. The van der Waals surface area contributed by atoms with Crippen molar-refractivity contribution in [2.45, 2.75) is 6.61 Å². The molecule has 20 heavy (non-hydrogen) atoms. The Kier molecular flexibility index (Phi) is 5.75. The minimum absolute atomic E-state index is 0.101. The van der Waals surface area contributed by atoms with E-state index in [1.165, 1.54) is 0 Å². The number of ether oxygens (including phenoxy) is 1. The average Bonchev–Trinajstić information content (AvgIpc) is 2.46. The van der Waals surface area contributed by atoms with Gasteiger partial charge in [-0.3, -0.25) is 3.28 Å². The molecule has 0 saturated heterocycles. The Morgan fingerprint density at radius 1 is 1.20 bits per heavy atom. The van der Waals surface area contributed by atoms with Gasteiger partial charge in [-0.05, 0) is 34.2 Å². The highest BCUT2D eigenvalue weighted by Crippen LogP contribution is 2.18. The van der Waals surface area contributed by atoms with Gasteiger partial charge in [-0.25, -0.2) is 4.79 Å². The molecule has 0 heterocycles. The molecule has 6 heteroatoms. The van der Waals surface area contributed by atoms with Gasteiger partial charge in [0.15, 0.2) is 0 Å². The summed E-state index contributed by atoms with van der Waals surface area (Å²) in [6, 6.07) is 14.5. The first-order valence-corrected chi connectivity index (χ1v) is 7.94. The number of esters is 1. The Labute approximate surface area is 144 Å². The van der Waals surface area contributed by atoms with Gasteiger partial charge in [0.2, 0.25) is 0 Å². The summed E-state index contributed by atoms with van der Waals surface area (Å²) >= 11 is 3.75. The standard InChI is InChI=1S/C14H11I2NO3/c15-13-7-6-11(17(16)19)8-12(13)14(18)20-9-10-4-2-1-3-5-10/h1-8,17H,9H2. The van der Waals surface area contributed by atoms with Crippen LogP contribution in [0.1, 0.15) is 15.9 Å². The molecule has 0 bridgehead atoms. The second-order valence-electron chi connectivity index (χ2n) is 4.03. The first-order chi connectivity index (χ1) is 9.58. The number of benzene rings is 2. The molecule has 2 aromatic carbocycles. The maximum absolute atomic E-state index is 12.1. The summed E-state index contributed by atoms with van der Waals surface area (Å²) in [4.78, 5) is 12.1. The summed E-state index contributed by atoms with van der Waals surface area (Å²) in [5.74, 6) is -0.419. The molecule has 0 spiro atoms. The van der Waals surface area contributed by atoms with Crippen molar-refractivity contribution in [1.29, 1.82) is 0 Å². The van der Waals surface area contributed by atoms with Crippen LogP contribution in [0, 0.1) is 8.78 Å². The molecule has 2 aromatic rings. The fourth-order valence-corrected chi connectivity index (χ4v) is 2.50. The average molecular weight is 495 g/mol. The minimum Gasteiger partial charge on any atom is -0.621 e. The highest BCUT2D eigenvalue weighted by Gasteiger charge is 2.14. The van der Waals surface area contributed by atoms with E-state index in [4.69, 9.17) is 4.74 Å². The molecular formula is C14H11I2NO3. The largest absolute Gasteiger partial charge is 0.621 e. The summed E-state index contributed by atoms with van der Waals surface area (Å²) in [5, 5.41) is 11.3. The number of quaternary nitrogens is 1. The van der Waals surface area contributed by atoms with Crippen LogP contribution in [0.4, 0.5) is 5.69 Å². The van der Waals surface area contributed by atoms with E-state index in [2.05, 4.69) is 22.6 Å². The second kappa shape index (κ2) is 7.34. The van der Waals surface area contributed by atoms with Crippen molar-refractivity contribution in [2.24, 2.45) is 0 Å². The lowest BCUT2D eigenvalue weighted by molar-refractivity contribution is -0.558. The summed E-state index contributed by atoms with van der Waals surface area (Å²) in [7, 11) is 0. The zero-order valence-corrected chi connectivity index (χ0v) is 14.6. The lowest BCUT2D eigenvalue weighted by atomic mass is 10.2. The molecule has 0 amide bonds. The molecule has 0 aliphatic carbocycles. The third-order valence-corrected chi connectivity index (χ3v) is 4.19. The van der Waals surface area contributed by atoms with Crippen LogP contribution >= 0.6 is 45.5 Å². The Balaban J connectivity index is 2.11. The van der Waals surface area contributed by atoms with Gasteiger partial charge in [-0.1, -0.05) is 30.3 Å². The zero-order valence-electron chi connectivity index (χ0n) is 10.3. The second-order valence-corrected chi connectivity index (χ2v) is 6.17. The van der Waals surface area contributed by atoms with Crippen molar-refractivity contribution in [3.8, 4) is 0 Å². The van der Waals surface area contributed by atoms with Crippen LogP contribution in [0.15, 0.2) is 48.5 Å². The van der Waals surface area contributed by atoms with Gasteiger partial charge in [-0.2, -0.15) is 0 Å². The van der Waals surface area contributed by atoms with Crippen LogP contribution in [-0.4, -0.2) is 5.97 Å². The van der Waals surface area contributed by atoms with Crippen LogP contribution < -0.4 is 3.28 Å². The molecule has 1 N–H and O–H groups in total. The van der Waals surface area contributed by atoms with Crippen LogP contribution in [0.25, 0.3) is 0 Å². The topological polar surface area (TPSA) is 53.8 Å². The number of hydrogen-bond acceptors (Lipinski definition) is 3. The number of halogens is 2. The highest BCUT2D eigenvalue weighted by atomic mass is 127. The van der Waals surface area contributed by atoms with Gasteiger partial charge < -0.3 is 9.94 Å². The quantitative estimate of drug-likeness (QED) is 0.308. The molecule has 0 aliphatic rings. The first-order valence-electron chi connectivity index (χ1n) is 5.78. The van der Waals surface area contributed by atoms with Crippen molar-refractivity contribution in [2.75, 3.05) is 0 Å². The number of carbonyl (C=O) groups is 1. The van der Waals surface area contributed by atoms with Gasteiger partial charge in [0.25, 0.3) is 22.9 Å². The van der Waals surface area contributed by atoms with Crippen molar-refractivity contribution in [3.63, 3.8) is 0 Å². The van der Waals surface area contributed by atoms with E-state index in [0.717, 1.165) is 9.13 Å². The van der Waals surface area contributed by atoms with E-state index in [0.29, 0.717) is 11.3 Å². The van der Waals surface area contributed by atoms with E-state index >= 15 is 0 Å². The first kappa shape index (κ1) is 15.7. The normalized spacial score (nSPS) is 11.9. The molecule has 0 fully saturated rings. The maximum atomic E-state index is 12.1. The SMILES string of the molecule is O=C(OCc1ccccc1)c1cc([NH+]([O-])I)ccc1I. The fourth-order valence-electron chi connectivity index (χ4n) is 1.60. The molecule has 4 nitrogen and oxygen atoms in total. The van der Waals surface area contributed by atoms with Crippen LogP contribution in [0.2, 0.25) is 0 Å². The number of nitrogens with one attached hydrogen (secondary N) is 1. The minimum atomic E-state index is -0.419. The summed E-state index contributed by atoms with van der Waals surface area (Å²) in [6.45, 7) is 0.220. The lowest BCUT2D eigenvalue weighted by Crippen LogP contribution is -2.90. The maximum Gasteiger partial charge on any atom is 0.339 e. The van der Waals surface area contributed by atoms with E-state index in [1.807, 2.05) is 30.3 Å². The van der Waals surface area contributed by atoms with E-state index < -0.39 is 5.97 Å². The lowest BCUT2D eigenvalue weighted by Gasteiger charge is -2.13. The summed E-state index contributed by atoms with van der Waals surface area (Å²) in [5.41, 5.74) is 1.85. The third-order valence-electron chi connectivity index (χ3n) is 2.63. The van der Waals surface area contributed by atoms with E-state index in [9.17, 15) is 10.0 Å². The van der Waals surface area contributed by atoms with E-state index in [1.54, 1.807) is 41.1 Å².